The van der Waals surface area contributed by atoms with E-state index in [1.807, 2.05) is 0 Å². The second kappa shape index (κ2) is 10.3. The molecule has 0 aromatic heterocycles. The number of ether oxygens (including phenoxy) is 2. The van der Waals surface area contributed by atoms with Crippen LogP contribution in [0.25, 0.3) is 0 Å². The van der Waals surface area contributed by atoms with Crippen LogP contribution in [0.2, 0.25) is 0 Å². The molecule has 0 aliphatic heterocycles. The summed E-state index contributed by atoms with van der Waals surface area (Å²) in [6.07, 6.45) is 6.68. The first kappa shape index (κ1) is 18.7. The third-order valence-electron chi connectivity index (χ3n) is 3.81. The topological polar surface area (TPSA) is 52.6 Å². The molecule has 0 amide bonds. The highest BCUT2D eigenvalue weighted by atomic mass is 16.5. The van der Waals surface area contributed by atoms with Crippen molar-refractivity contribution in [2.45, 2.75) is 39.0 Å². The van der Waals surface area contributed by atoms with Crippen LogP contribution in [0, 0.1) is 0 Å². The number of carbonyl (C=O) groups excluding carboxylic acids is 2. The predicted molar refractivity (Wildman–Crippen MR) is 97.5 cm³/mol. The Labute approximate surface area is 148 Å². The van der Waals surface area contributed by atoms with Crippen LogP contribution in [-0.2, 0) is 0 Å². The molecule has 0 spiro atoms. The van der Waals surface area contributed by atoms with Crippen molar-refractivity contribution in [3.63, 3.8) is 0 Å². The third kappa shape index (κ3) is 6.42. The number of esters is 1. The molecule has 4 heteroatoms. The molecular weight excluding hydrogens is 316 g/mol. The number of rotatable bonds is 10. The molecule has 0 saturated heterocycles. The van der Waals surface area contributed by atoms with Crippen molar-refractivity contribution < 1.29 is 19.1 Å². The molecule has 4 nitrogen and oxygen atoms in total. The van der Waals surface area contributed by atoms with Gasteiger partial charge in [0, 0.05) is 5.56 Å². The van der Waals surface area contributed by atoms with Gasteiger partial charge in [-0.15, -0.1) is 0 Å². The number of hydrogen-bond acceptors (Lipinski definition) is 4. The Kier molecular flexibility index (Phi) is 7.70. The van der Waals surface area contributed by atoms with Crippen LogP contribution in [0.1, 0.15) is 59.7 Å². The summed E-state index contributed by atoms with van der Waals surface area (Å²) in [7, 11) is 0. The summed E-state index contributed by atoms with van der Waals surface area (Å²) in [6.45, 7) is 2.88. The number of carbonyl (C=O) groups is 2. The lowest BCUT2D eigenvalue weighted by Gasteiger charge is -2.08. The van der Waals surface area contributed by atoms with Gasteiger partial charge in [0.2, 0.25) is 0 Å². The van der Waals surface area contributed by atoms with Gasteiger partial charge in [0.1, 0.15) is 17.8 Å². The van der Waals surface area contributed by atoms with Crippen LogP contribution in [0.5, 0.6) is 11.5 Å². The van der Waals surface area contributed by atoms with E-state index < -0.39 is 5.97 Å². The van der Waals surface area contributed by atoms with Crippen LogP contribution in [-0.4, -0.2) is 18.9 Å². The second-order valence-corrected chi connectivity index (χ2v) is 5.87. The monoisotopic (exact) mass is 340 g/mol. The Morgan fingerprint density at radius 1 is 0.960 bits per heavy atom. The van der Waals surface area contributed by atoms with E-state index in [1.54, 1.807) is 42.5 Å². The zero-order valence-electron chi connectivity index (χ0n) is 14.6. The second-order valence-electron chi connectivity index (χ2n) is 5.87. The lowest BCUT2D eigenvalue weighted by molar-refractivity contribution is 0.0734. The fourth-order valence-electron chi connectivity index (χ4n) is 2.40. The molecule has 0 aliphatic carbocycles. The number of hydrogen-bond donors (Lipinski definition) is 0. The Balaban J connectivity index is 1.82. The minimum atomic E-state index is -0.464. The fourth-order valence-corrected chi connectivity index (χ4v) is 2.40. The van der Waals surface area contributed by atoms with E-state index in [1.165, 1.54) is 31.7 Å². The molecule has 0 unspecified atom stereocenters. The third-order valence-corrected chi connectivity index (χ3v) is 3.81. The van der Waals surface area contributed by atoms with Gasteiger partial charge in [-0.25, -0.2) is 4.79 Å². The van der Waals surface area contributed by atoms with Gasteiger partial charge in [-0.1, -0.05) is 44.7 Å². The Morgan fingerprint density at radius 2 is 1.72 bits per heavy atom. The lowest BCUT2D eigenvalue weighted by Crippen LogP contribution is -2.08. The summed E-state index contributed by atoms with van der Waals surface area (Å²) in [5.74, 6) is 0.631. The molecule has 0 N–H and O–H groups in total. The van der Waals surface area contributed by atoms with E-state index in [-0.39, 0.29) is 0 Å². The Morgan fingerprint density at radius 3 is 2.44 bits per heavy atom. The molecule has 2 aromatic rings. The SMILES string of the molecule is CCCCCCCOc1ccc(C(=O)Oc2cccc(C=O)c2)cc1. The highest BCUT2D eigenvalue weighted by Gasteiger charge is 2.09. The summed E-state index contributed by atoms with van der Waals surface area (Å²) >= 11 is 0. The number of aldehydes is 1. The van der Waals surface area contributed by atoms with Crippen LogP contribution in [0.15, 0.2) is 48.5 Å². The van der Waals surface area contributed by atoms with Gasteiger partial charge in [0.05, 0.1) is 12.2 Å². The number of unbranched alkanes of at least 4 members (excludes halogenated alkanes) is 4. The van der Waals surface area contributed by atoms with Crippen LogP contribution >= 0.6 is 0 Å². The van der Waals surface area contributed by atoms with Gasteiger partial charge >= 0.3 is 5.97 Å². The molecule has 0 bridgehead atoms. The van der Waals surface area contributed by atoms with E-state index in [2.05, 4.69) is 6.92 Å². The molecule has 132 valence electrons. The maximum Gasteiger partial charge on any atom is 0.343 e. The van der Waals surface area contributed by atoms with E-state index in [9.17, 15) is 9.59 Å². The van der Waals surface area contributed by atoms with Crippen LogP contribution in [0.4, 0.5) is 0 Å². The predicted octanol–water partition coefficient (Wildman–Crippen LogP) is 5.07. The van der Waals surface area contributed by atoms with Crippen molar-refractivity contribution in [2.75, 3.05) is 6.61 Å². The molecule has 0 radical (unpaired) electrons. The van der Waals surface area contributed by atoms with Gasteiger partial charge in [-0.2, -0.15) is 0 Å². The standard InChI is InChI=1S/C21H24O4/c1-2-3-4-5-6-14-24-19-12-10-18(11-13-19)21(23)25-20-9-7-8-17(15-20)16-22/h7-13,15-16H,2-6,14H2,1H3. The van der Waals surface area contributed by atoms with Gasteiger partial charge in [0.15, 0.2) is 0 Å². The molecule has 0 aliphatic rings. The normalized spacial score (nSPS) is 10.3. The zero-order chi connectivity index (χ0) is 17.9. The summed E-state index contributed by atoms with van der Waals surface area (Å²) in [6, 6.07) is 13.4. The maximum absolute atomic E-state index is 12.1. The largest absolute Gasteiger partial charge is 0.494 e. The maximum atomic E-state index is 12.1. The first-order valence-electron chi connectivity index (χ1n) is 8.73. The van der Waals surface area contributed by atoms with E-state index in [4.69, 9.17) is 9.47 Å². The van der Waals surface area contributed by atoms with E-state index in [0.717, 1.165) is 12.2 Å². The molecule has 0 atom stereocenters. The van der Waals surface area contributed by atoms with Crippen LogP contribution in [0.3, 0.4) is 0 Å². The molecular formula is C21H24O4. The van der Waals surface area contributed by atoms with Crippen molar-refractivity contribution >= 4 is 12.3 Å². The lowest BCUT2D eigenvalue weighted by atomic mass is 10.2. The smallest absolute Gasteiger partial charge is 0.343 e. The average Bonchev–Trinajstić information content (AvgIpc) is 2.65. The summed E-state index contributed by atoms with van der Waals surface area (Å²) < 4.78 is 11.0. The Hall–Kier alpha value is -2.62. The van der Waals surface area contributed by atoms with Gasteiger partial charge in [-0.3, -0.25) is 4.79 Å². The fraction of sp³-hybridized carbons (Fsp3) is 0.333. The van der Waals surface area contributed by atoms with Crippen LogP contribution < -0.4 is 9.47 Å². The Bertz CT molecular complexity index is 677. The molecule has 2 rings (SSSR count). The average molecular weight is 340 g/mol. The van der Waals surface area contributed by atoms with Gasteiger partial charge in [0.25, 0.3) is 0 Å². The first-order chi connectivity index (χ1) is 12.2. The van der Waals surface area contributed by atoms with Crippen molar-refractivity contribution in [2.24, 2.45) is 0 Å². The van der Waals surface area contributed by atoms with Gasteiger partial charge in [-0.05, 0) is 42.8 Å². The summed E-state index contributed by atoms with van der Waals surface area (Å²) in [5.41, 5.74) is 0.903. The molecule has 0 saturated carbocycles. The minimum absolute atomic E-state index is 0.349. The molecule has 0 heterocycles. The molecule has 2 aromatic carbocycles. The highest BCUT2D eigenvalue weighted by Crippen LogP contribution is 2.17. The van der Waals surface area contributed by atoms with Crippen molar-refractivity contribution in [3.05, 3.63) is 59.7 Å². The van der Waals surface area contributed by atoms with Crippen molar-refractivity contribution in [1.82, 2.24) is 0 Å². The van der Waals surface area contributed by atoms with Crippen molar-refractivity contribution in [1.29, 1.82) is 0 Å². The molecule has 0 fully saturated rings. The van der Waals surface area contributed by atoms with Gasteiger partial charge < -0.3 is 9.47 Å². The quantitative estimate of drug-likeness (QED) is 0.262. The zero-order valence-corrected chi connectivity index (χ0v) is 14.6. The first-order valence-corrected chi connectivity index (χ1v) is 8.73. The van der Waals surface area contributed by atoms with E-state index in [0.29, 0.717) is 29.8 Å². The summed E-state index contributed by atoms with van der Waals surface area (Å²) in [4.78, 5) is 22.9. The molecule has 25 heavy (non-hydrogen) atoms. The minimum Gasteiger partial charge on any atom is -0.494 e. The highest BCUT2D eigenvalue weighted by molar-refractivity contribution is 5.91. The van der Waals surface area contributed by atoms with Crippen molar-refractivity contribution in [3.8, 4) is 11.5 Å². The van der Waals surface area contributed by atoms with E-state index >= 15 is 0 Å². The number of benzene rings is 2. The summed E-state index contributed by atoms with van der Waals surface area (Å²) in [5, 5.41) is 0.